The fourth-order valence-electron chi connectivity index (χ4n) is 7.48. The third-order valence-corrected chi connectivity index (χ3v) is 10.0. The van der Waals surface area contributed by atoms with E-state index in [0.29, 0.717) is 6.54 Å². The second-order valence-electron chi connectivity index (χ2n) is 13.6. The first-order valence-corrected chi connectivity index (χ1v) is 19.7. The van der Waals surface area contributed by atoms with Gasteiger partial charge in [-0.15, -0.1) is 0 Å². The summed E-state index contributed by atoms with van der Waals surface area (Å²) in [6, 6.07) is 55.2. The van der Waals surface area contributed by atoms with Crippen LogP contribution in [-0.4, -0.2) is 0 Å². The van der Waals surface area contributed by atoms with Gasteiger partial charge in [-0.05, 0) is 106 Å². The molecule has 2 aromatic heterocycles. The van der Waals surface area contributed by atoms with Crippen LogP contribution in [0.3, 0.4) is 0 Å². The van der Waals surface area contributed by atoms with Crippen molar-refractivity contribution in [3.05, 3.63) is 198 Å². The zero-order chi connectivity index (χ0) is 38.9. The molecule has 0 amide bonds. The van der Waals surface area contributed by atoms with Crippen LogP contribution in [0.15, 0.2) is 185 Å². The summed E-state index contributed by atoms with van der Waals surface area (Å²) in [6.07, 6.45) is 8.48. The van der Waals surface area contributed by atoms with Crippen molar-refractivity contribution >= 4 is 49.5 Å². The molecule has 2 heterocycles. The lowest BCUT2D eigenvalue weighted by Crippen LogP contribution is -1.96. The largest absolute Gasteiger partial charge is 0.456 e. The fraction of sp³-hybridized carbons (Fsp3) is 0.132. The Labute approximate surface area is 330 Å². The Bertz CT molecular complexity index is 2760. The van der Waals surface area contributed by atoms with Crippen LogP contribution in [0.5, 0.6) is 0 Å². The molecular weight excluding hydrogens is 683 g/mol. The number of para-hydroxylation sites is 1. The van der Waals surface area contributed by atoms with Gasteiger partial charge in [0.05, 0.1) is 0 Å². The molecule has 3 nitrogen and oxygen atoms in total. The summed E-state index contributed by atoms with van der Waals surface area (Å²) in [4.78, 5) is 0. The normalized spacial score (nSPS) is 11.6. The number of nitrogens with two attached hydrogens (primary N) is 1. The predicted molar refractivity (Wildman–Crippen MR) is 240 cm³/mol. The van der Waals surface area contributed by atoms with Crippen molar-refractivity contribution in [2.75, 3.05) is 0 Å². The Morgan fingerprint density at radius 3 is 1.80 bits per heavy atom. The number of rotatable bonds is 8. The summed E-state index contributed by atoms with van der Waals surface area (Å²) >= 11 is 0. The first-order valence-electron chi connectivity index (χ1n) is 19.7. The van der Waals surface area contributed by atoms with Gasteiger partial charge in [-0.2, -0.15) is 0 Å². The molecule has 56 heavy (non-hydrogen) atoms. The molecule has 2 N–H and O–H groups in total. The molecule has 0 aliphatic heterocycles. The van der Waals surface area contributed by atoms with E-state index in [4.69, 9.17) is 14.6 Å². The molecule has 0 spiro atoms. The third-order valence-electron chi connectivity index (χ3n) is 10.0. The average molecular weight is 732 g/mol. The van der Waals surface area contributed by atoms with Crippen LogP contribution < -0.4 is 5.73 Å². The summed E-state index contributed by atoms with van der Waals surface area (Å²) < 4.78 is 12.0. The lowest BCUT2D eigenvalue weighted by Gasteiger charge is -2.09. The highest BCUT2D eigenvalue weighted by Gasteiger charge is 2.13. The Hall–Kier alpha value is -6.42. The topological polar surface area (TPSA) is 52.3 Å². The molecule has 9 rings (SSSR count). The highest BCUT2D eigenvalue weighted by molar-refractivity contribution is 6.08. The monoisotopic (exact) mass is 731 g/mol. The average Bonchev–Trinajstić information content (AvgIpc) is 3.84. The van der Waals surface area contributed by atoms with Gasteiger partial charge in [-0.3, -0.25) is 0 Å². The van der Waals surface area contributed by atoms with E-state index in [1.165, 1.54) is 55.3 Å². The van der Waals surface area contributed by atoms with E-state index < -0.39 is 0 Å². The number of allylic oxidation sites excluding steroid dienone is 4. The molecule has 7 aromatic carbocycles. The molecule has 278 valence electrons. The lowest BCUT2D eigenvalue weighted by atomic mass is 9.96. The first kappa shape index (κ1) is 37.9. The van der Waals surface area contributed by atoms with E-state index in [2.05, 4.69) is 159 Å². The molecular formula is C53H49NO2. The van der Waals surface area contributed by atoms with Crippen LogP contribution in [0.25, 0.3) is 71.7 Å². The van der Waals surface area contributed by atoms with Gasteiger partial charge in [0.1, 0.15) is 22.3 Å². The maximum atomic E-state index is 6.08. The minimum Gasteiger partial charge on any atom is -0.456 e. The quantitative estimate of drug-likeness (QED) is 0.158. The Morgan fingerprint density at radius 1 is 0.536 bits per heavy atom. The third kappa shape index (κ3) is 8.00. The Balaban J connectivity index is 0.000000185. The van der Waals surface area contributed by atoms with Gasteiger partial charge in [-0.25, -0.2) is 0 Å². The van der Waals surface area contributed by atoms with Crippen molar-refractivity contribution in [3.63, 3.8) is 0 Å². The van der Waals surface area contributed by atoms with Gasteiger partial charge in [0.25, 0.3) is 0 Å². The summed E-state index contributed by atoms with van der Waals surface area (Å²) in [5.74, 6) is 0. The molecule has 0 radical (unpaired) electrons. The van der Waals surface area contributed by atoms with E-state index in [-0.39, 0.29) is 0 Å². The Kier molecular flexibility index (Phi) is 12.0. The molecule has 0 fully saturated rings. The standard InChI is InChI=1S/C32H29NO.C19H14O.C2H6/c1-3-7-22(8-4-2)23-13-15-24(16-14-23)25-9-5-10-26(19-25)27-17-18-30-29(20-27)32-28(21-33)11-6-12-31(32)34-30;1-2-7-14(8-3-1)13-15-9-6-12-18-19(15)16-10-4-5-11-17(16)20-18;1-2/h3,5-20H,4,21,33H2,1-2H3;1-12H,13H2;1-2H3/b7-3-,22-8+;;. The van der Waals surface area contributed by atoms with Crippen molar-refractivity contribution in [1.29, 1.82) is 0 Å². The van der Waals surface area contributed by atoms with E-state index in [1.807, 2.05) is 44.2 Å². The first-order chi connectivity index (χ1) is 27.6. The van der Waals surface area contributed by atoms with Crippen LogP contribution in [0.4, 0.5) is 0 Å². The van der Waals surface area contributed by atoms with Crippen LogP contribution in [0.2, 0.25) is 0 Å². The molecule has 0 aliphatic carbocycles. The van der Waals surface area contributed by atoms with Crippen molar-refractivity contribution in [2.24, 2.45) is 5.73 Å². The van der Waals surface area contributed by atoms with Gasteiger partial charge in [-0.1, -0.05) is 160 Å². The molecule has 0 saturated carbocycles. The summed E-state index contributed by atoms with van der Waals surface area (Å²) in [6.45, 7) is 8.72. The predicted octanol–water partition coefficient (Wildman–Crippen LogP) is 15.0. The van der Waals surface area contributed by atoms with Crippen LogP contribution >= 0.6 is 0 Å². The maximum absolute atomic E-state index is 6.08. The van der Waals surface area contributed by atoms with Gasteiger partial charge in [0.15, 0.2) is 0 Å². The van der Waals surface area contributed by atoms with Crippen LogP contribution in [0.1, 0.15) is 56.4 Å². The zero-order valence-electron chi connectivity index (χ0n) is 32.8. The SMILES string of the molecule is C/C=C\C(=C/CC)c1ccc(-c2cccc(-c3ccc4oc5cccc(CN)c5c4c3)c2)cc1.CC.c1ccc(Cc2cccc3oc4ccccc4c23)cc1. The summed E-state index contributed by atoms with van der Waals surface area (Å²) in [7, 11) is 0. The minimum absolute atomic E-state index is 0.491. The molecule has 0 saturated heterocycles. The number of furan rings is 2. The van der Waals surface area contributed by atoms with E-state index in [9.17, 15) is 0 Å². The molecule has 0 atom stereocenters. The van der Waals surface area contributed by atoms with Crippen LogP contribution in [-0.2, 0) is 13.0 Å². The Morgan fingerprint density at radius 2 is 1.11 bits per heavy atom. The number of benzene rings is 7. The van der Waals surface area contributed by atoms with E-state index in [0.717, 1.165) is 51.5 Å². The van der Waals surface area contributed by atoms with Crippen molar-refractivity contribution < 1.29 is 8.83 Å². The van der Waals surface area contributed by atoms with Gasteiger partial charge in [0.2, 0.25) is 0 Å². The summed E-state index contributed by atoms with van der Waals surface area (Å²) in [5.41, 5.74) is 20.8. The van der Waals surface area contributed by atoms with Crippen molar-refractivity contribution in [2.45, 2.75) is 47.1 Å². The molecule has 0 aliphatic rings. The second-order valence-corrected chi connectivity index (χ2v) is 13.6. The minimum atomic E-state index is 0.491. The highest BCUT2D eigenvalue weighted by Crippen LogP contribution is 2.36. The highest BCUT2D eigenvalue weighted by atomic mass is 16.3. The number of hydrogen-bond acceptors (Lipinski definition) is 3. The van der Waals surface area contributed by atoms with Crippen LogP contribution in [0, 0.1) is 0 Å². The molecule has 3 heteroatoms. The van der Waals surface area contributed by atoms with Crippen molar-refractivity contribution in [3.8, 4) is 22.3 Å². The molecule has 9 aromatic rings. The van der Waals surface area contributed by atoms with E-state index in [1.54, 1.807) is 0 Å². The van der Waals surface area contributed by atoms with Gasteiger partial charge < -0.3 is 14.6 Å². The second kappa shape index (κ2) is 17.8. The molecule has 0 bridgehead atoms. The van der Waals surface area contributed by atoms with Gasteiger partial charge >= 0.3 is 0 Å². The number of hydrogen-bond donors (Lipinski definition) is 1. The fourth-order valence-corrected chi connectivity index (χ4v) is 7.48. The lowest BCUT2D eigenvalue weighted by molar-refractivity contribution is 0.668. The number of fused-ring (bicyclic) bond motifs is 6. The zero-order valence-corrected chi connectivity index (χ0v) is 32.8. The van der Waals surface area contributed by atoms with Crippen molar-refractivity contribution in [1.82, 2.24) is 0 Å². The molecule has 0 unspecified atom stereocenters. The van der Waals surface area contributed by atoms with Gasteiger partial charge in [0, 0.05) is 28.1 Å². The summed E-state index contributed by atoms with van der Waals surface area (Å²) in [5, 5.41) is 4.68. The van der Waals surface area contributed by atoms with E-state index >= 15 is 0 Å². The smallest absolute Gasteiger partial charge is 0.135 e. The maximum Gasteiger partial charge on any atom is 0.135 e.